The molecule has 22 heavy (non-hydrogen) atoms. The van der Waals surface area contributed by atoms with Crippen molar-refractivity contribution in [2.45, 2.75) is 26.8 Å². The molecule has 0 aromatic carbocycles. The number of thiophene rings is 1. The number of piperazine rings is 1. The number of halogens is 1. The Bertz CT molecular complexity index is 505. The van der Waals surface area contributed by atoms with E-state index in [-0.39, 0.29) is 29.6 Å². The number of carbonyl (C=O) groups is 2. The van der Waals surface area contributed by atoms with Crippen molar-refractivity contribution in [1.29, 1.82) is 0 Å². The molecule has 0 saturated carbocycles. The van der Waals surface area contributed by atoms with Gasteiger partial charge in [0.1, 0.15) is 0 Å². The third-order valence-corrected chi connectivity index (χ3v) is 4.67. The molecule has 7 heteroatoms. The van der Waals surface area contributed by atoms with Crippen LogP contribution in [0.4, 0.5) is 0 Å². The Labute approximate surface area is 141 Å². The van der Waals surface area contributed by atoms with E-state index in [1.165, 1.54) is 11.3 Å². The summed E-state index contributed by atoms with van der Waals surface area (Å²) in [7, 11) is 0. The van der Waals surface area contributed by atoms with E-state index in [1.54, 1.807) is 9.80 Å². The molecule has 5 nitrogen and oxygen atoms in total. The zero-order valence-electron chi connectivity index (χ0n) is 13.2. The fourth-order valence-electron chi connectivity index (χ4n) is 2.25. The van der Waals surface area contributed by atoms with Crippen LogP contribution in [-0.4, -0.2) is 53.8 Å². The second-order valence-corrected chi connectivity index (χ2v) is 7.39. The van der Waals surface area contributed by atoms with E-state index in [0.717, 1.165) is 4.88 Å². The lowest BCUT2D eigenvalue weighted by atomic mass is 9.86. The molecule has 1 atom stereocenters. The Morgan fingerprint density at radius 2 is 1.73 bits per heavy atom. The number of nitrogens with two attached hydrogens (primary N) is 1. The normalized spacial score (nSPS) is 16.9. The van der Waals surface area contributed by atoms with E-state index in [9.17, 15) is 9.59 Å². The van der Waals surface area contributed by atoms with Gasteiger partial charge >= 0.3 is 0 Å². The summed E-state index contributed by atoms with van der Waals surface area (Å²) in [5.74, 6) is 0.0305. The van der Waals surface area contributed by atoms with Crippen molar-refractivity contribution in [3.63, 3.8) is 0 Å². The summed E-state index contributed by atoms with van der Waals surface area (Å²) in [5.41, 5.74) is 5.78. The van der Waals surface area contributed by atoms with Crippen LogP contribution < -0.4 is 5.73 Å². The molecule has 2 amide bonds. The maximum atomic E-state index is 12.3. The van der Waals surface area contributed by atoms with Gasteiger partial charge in [-0.2, -0.15) is 0 Å². The van der Waals surface area contributed by atoms with Crippen LogP contribution in [0.2, 0.25) is 0 Å². The van der Waals surface area contributed by atoms with Crippen molar-refractivity contribution in [3.8, 4) is 0 Å². The zero-order chi connectivity index (χ0) is 15.6. The van der Waals surface area contributed by atoms with Crippen LogP contribution in [0, 0.1) is 5.41 Å². The quantitative estimate of drug-likeness (QED) is 0.889. The van der Waals surface area contributed by atoms with E-state index >= 15 is 0 Å². The van der Waals surface area contributed by atoms with Gasteiger partial charge in [-0.3, -0.25) is 9.59 Å². The average Bonchev–Trinajstić information content (AvgIpc) is 2.98. The lowest BCUT2D eigenvalue weighted by Gasteiger charge is -2.38. The van der Waals surface area contributed by atoms with Crippen molar-refractivity contribution < 1.29 is 9.59 Å². The molecule has 1 aromatic heterocycles. The van der Waals surface area contributed by atoms with Crippen LogP contribution in [-0.2, 0) is 4.79 Å². The third-order valence-electron chi connectivity index (χ3n) is 3.81. The fraction of sp³-hybridized carbons (Fsp3) is 0.600. The van der Waals surface area contributed by atoms with Crippen molar-refractivity contribution in [3.05, 3.63) is 22.4 Å². The largest absolute Gasteiger partial charge is 0.338 e. The van der Waals surface area contributed by atoms with E-state index < -0.39 is 6.04 Å². The lowest BCUT2D eigenvalue weighted by molar-refractivity contribution is -0.136. The van der Waals surface area contributed by atoms with Crippen LogP contribution >= 0.6 is 23.7 Å². The molecule has 2 N–H and O–H groups in total. The summed E-state index contributed by atoms with van der Waals surface area (Å²) >= 11 is 1.45. The maximum absolute atomic E-state index is 12.3. The first-order valence-electron chi connectivity index (χ1n) is 7.18. The van der Waals surface area contributed by atoms with Gasteiger partial charge in [0, 0.05) is 26.2 Å². The van der Waals surface area contributed by atoms with E-state index in [4.69, 9.17) is 5.73 Å². The molecule has 1 aliphatic rings. The first kappa shape index (κ1) is 18.9. The molecule has 124 valence electrons. The summed E-state index contributed by atoms with van der Waals surface area (Å²) in [6, 6.07) is 3.21. The third kappa shape index (κ3) is 4.21. The molecule has 1 aliphatic heterocycles. The molecule has 0 aliphatic carbocycles. The highest BCUT2D eigenvalue weighted by Crippen LogP contribution is 2.20. The summed E-state index contributed by atoms with van der Waals surface area (Å²) < 4.78 is 0. The van der Waals surface area contributed by atoms with Gasteiger partial charge in [-0.25, -0.2) is 0 Å². The number of rotatable bonds is 2. The molecule has 0 bridgehead atoms. The Morgan fingerprint density at radius 1 is 1.18 bits per heavy atom. The molecule has 0 spiro atoms. The van der Waals surface area contributed by atoms with E-state index in [0.29, 0.717) is 26.2 Å². The maximum Gasteiger partial charge on any atom is 0.264 e. The van der Waals surface area contributed by atoms with Gasteiger partial charge in [-0.15, -0.1) is 23.7 Å². The zero-order valence-corrected chi connectivity index (χ0v) is 14.9. The number of hydrogen-bond acceptors (Lipinski definition) is 4. The minimum atomic E-state index is -0.503. The van der Waals surface area contributed by atoms with E-state index in [2.05, 4.69) is 0 Å². The monoisotopic (exact) mass is 345 g/mol. The van der Waals surface area contributed by atoms with Crippen molar-refractivity contribution in [2.24, 2.45) is 11.1 Å². The summed E-state index contributed by atoms with van der Waals surface area (Å²) in [4.78, 5) is 28.9. The molecule has 0 unspecified atom stereocenters. The molecule has 0 radical (unpaired) electrons. The molecule has 1 aromatic rings. The van der Waals surface area contributed by atoms with Gasteiger partial charge in [-0.1, -0.05) is 26.8 Å². The summed E-state index contributed by atoms with van der Waals surface area (Å²) in [5, 5.41) is 1.90. The Kier molecular flexibility index (Phi) is 6.40. The smallest absolute Gasteiger partial charge is 0.264 e. The molecular formula is C15H24ClN3O2S. The van der Waals surface area contributed by atoms with Gasteiger partial charge in [0.15, 0.2) is 0 Å². The van der Waals surface area contributed by atoms with Crippen molar-refractivity contribution >= 4 is 35.6 Å². The average molecular weight is 346 g/mol. The molecular weight excluding hydrogens is 322 g/mol. The topological polar surface area (TPSA) is 66.6 Å². The summed E-state index contributed by atoms with van der Waals surface area (Å²) in [6.07, 6.45) is 0. The number of hydrogen-bond donors (Lipinski definition) is 1. The second-order valence-electron chi connectivity index (χ2n) is 6.44. The standard InChI is InChI=1S/C15H23N3O2S.ClH/c1-15(2,3)12(16)14(20)18-8-6-17(7-9-18)13(19)11-5-4-10-21-11;/h4-5,10,12H,6-9,16H2,1-3H3;1H/t12-;/m1./s1. The first-order valence-corrected chi connectivity index (χ1v) is 8.06. The van der Waals surface area contributed by atoms with Gasteiger partial charge in [0.25, 0.3) is 5.91 Å². The molecule has 2 rings (SSSR count). The number of amides is 2. The van der Waals surface area contributed by atoms with Crippen LogP contribution in [0.3, 0.4) is 0 Å². The Balaban J connectivity index is 0.00000242. The molecule has 1 saturated heterocycles. The van der Waals surface area contributed by atoms with Gasteiger partial charge in [0.05, 0.1) is 10.9 Å². The predicted octanol–water partition coefficient (Wildman–Crippen LogP) is 1.83. The number of nitrogens with zero attached hydrogens (tertiary/aromatic N) is 2. The van der Waals surface area contributed by atoms with E-state index in [1.807, 2.05) is 38.3 Å². The van der Waals surface area contributed by atoms with Crippen molar-refractivity contribution in [2.75, 3.05) is 26.2 Å². The van der Waals surface area contributed by atoms with Crippen LogP contribution in [0.15, 0.2) is 17.5 Å². The van der Waals surface area contributed by atoms with Crippen LogP contribution in [0.5, 0.6) is 0 Å². The lowest BCUT2D eigenvalue weighted by Crippen LogP contribution is -2.56. The molecule has 1 fully saturated rings. The van der Waals surface area contributed by atoms with Gasteiger partial charge < -0.3 is 15.5 Å². The van der Waals surface area contributed by atoms with Crippen molar-refractivity contribution in [1.82, 2.24) is 9.80 Å². The SMILES string of the molecule is CC(C)(C)[C@H](N)C(=O)N1CCN(C(=O)c2cccs2)CC1.Cl. The highest BCUT2D eigenvalue weighted by Gasteiger charge is 2.33. The highest BCUT2D eigenvalue weighted by atomic mass is 35.5. The Hall–Kier alpha value is -1.11. The minimum Gasteiger partial charge on any atom is -0.338 e. The Morgan fingerprint density at radius 3 is 2.18 bits per heavy atom. The molecule has 2 heterocycles. The first-order chi connectivity index (χ1) is 9.80. The van der Waals surface area contributed by atoms with Gasteiger partial charge in [0.2, 0.25) is 5.91 Å². The number of carbonyl (C=O) groups excluding carboxylic acids is 2. The van der Waals surface area contributed by atoms with Gasteiger partial charge in [-0.05, 0) is 16.9 Å². The minimum absolute atomic E-state index is 0. The second kappa shape index (κ2) is 7.44. The van der Waals surface area contributed by atoms with Crippen LogP contribution in [0.1, 0.15) is 30.4 Å². The van der Waals surface area contributed by atoms with Crippen LogP contribution in [0.25, 0.3) is 0 Å². The highest BCUT2D eigenvalue weighted by molar-refractivity contribution is 7.12. The fourth-order valence-corrected chi connectivity index (χ4v) is 2.94. The summed E-state index contributed by atoms with van der Waals surface area (Å²) in [6.45, 7) is 8.14. The predicted molar refractivity (Wildman–Crippen MR) is 91.5 cm³/mol.